The lowest BCUT2D eigenvalue weighted by atomic mass is 9.82. The van der Waals surface area contributed by atoms with E-state index in [1.165, 1.54) is 0 Å². The van der Waals surface area contributed by atoms with Crippen molar-refractivity contribution in [2.45, 2.75) is 79.1 Å². The lowest BCUT2D eigenvalue weighted by Gasteiger charge is -2.26. The van der Waals surface area contributed by atoms with Gasteiger partial charge in [0, 0.05) is 2.85 Å². The van der Waals surface area contributed by atoms with Crippen LogP contribution in [0, 0.1) is 51.4 Å². The molecule has 8 heteroatoms. The van der Waals surface area contributed by atoms with E-state index in [4.69, 9.17) is 18.9 Å². The lowest BCUT2D eigenvalue weighted by Crippen LogP contribution is -2.30. The van der Waals surface area contributed by atoms with Gasteiger partial charge >= 0.3 is 23.9 Å². The summed E-state index contributed by atoms with van der Waals surface area (Å²) < 4.78 is 22.0. The highest BCUT2D eigenvalue weighted by molar-refractivity contribution is 5.79. The van der Waals surface area contributed by atoms with Crippen LogP contribution < -0.4 is 18.9 Å². The van der Waals surface area contributed by atoms with Crippen molar-refractivity contribution in [3.05, 3.63) is 119 Å². The van der Waals surface area contributed by atoms with Crippen LogP contribution in [-0.4, -0.2) is 23.9 Å². The van der Waals surface area contributed by atoms with Gasteiger partial charge in [-0.15, -0.1) is 0 Å². The normalized spacial score (nSPS) is 19.6. The van der Waals surface area contributed by atoms with Crippen LogP contribution in [0.1, 0.15) is 76.5 Å². The smallest absolute Gasteiger partial charge is 0.314 e. The number of carbonyl (C=O) groups is 4. The maximum absolute atomic E-state index is 12.4. The monoisotopic (exact) mass is 708 g/mol. The van der Waals surface area contributed by atoms with Crippen molar-refractivity contribution < 1.29 is 41.0 Å². The first kappa shape index (κ1) is 38.0. The number of esters is 4. The molecule has 0 heterocycles. The molecule has 0 radical (unpaired) electrons. The van der Waals surface area contributed by atoms with E-state index in [0.29, 0.717) is 74.4 Å². The second-order valence-electron chi connectivity index (χ2n) is 13.9. The fourth-order valence-corrected chi connectivity index (χ4v) is 6.61. The van der Waals surface area contributed by atoms with Crippen molar-refractivity contribution in [1.82, 2.24) is 0 Å². The minimum absolute atomic E-state index is 0. The first-order valence-corrected chi connectivity index (χ1v) is 18.2. The summed E-state index contributed by atoms with van der Waals surface area (Å²) in [6.07, 6.45) is 5.21. The van der Waals surface area contributed by atoms with Gasteiger partial charge in [-0.25, -0.2) is 0 Å². The van der Waals surface area contributed by atoms with Crippen molar-refractivity contribution >= 4 is 23.9 Å². The minimum atomic E-state index is -0.207. The van der Waals surface area contributed by atoms with Gasteiger partial charge in [0.05, 0.1) is 23.7 Å². The van der Waals surface area contributed by atoms with E-state index >= 15 is 0 Å². The van der Waals surface area contributed by atoms with Crippen LogP contribution >= 0.6 is 0 Å². The summed E-state index contributed by atoms with van der Waals surface area (Å²) in [4.78, 5) is 49.5. The molecule has 8 nitrogen and oxygen atoms in total. The summed E-state index contributed by atoms with van der Waals surface area (Å²) >= 11 is 0. The molecule has 0 amide bonds. The molecule has 0 aromatic heterocycles. The molecule has 2 aliphatic carbocycles. The van der Waals surface area contributed by atoms with Crippen LogP contribution in [0.15, 0.2) is 97.1 Å². The van der Waals surface area contributed by atoms with Gasteiger partial charge in [-0.2, -0.15) is 0 Å². The maximum atomic E-state index is 12.4. The topological polar surface area (TPSA) is 105 Å². The summed E-state index contributed by atoms with van der Waals surface area (Å²) in [7, 11) is 0. The molecular weight excluding hydrogens is 656 g/mol. The molecule has 0 spiro atoms. The van der Waals surface area contributed by atoms with Gasteiger partial charge in [0.15, 0.2) is 0 Å². The van der Waals surface area contributed by atoms with Crippen LogP contribution in [0.2, 0.25) is 0 Å². The van der Waals surface area contributed by atoms with E-state index in [1.807, 2.05) is 100 Å². The van der Waals surface area contributed by atoms with E-state index in [-0.39, 0.29) is 50.4 Å². The van der Waals surface area contributed by atoms with Gasteiger partial charge in [0.2, 0.25) is 0 Å². The lowest BCUT2D eigenvalue weighted by molar-refractivity contribution is -0.145. The van der Waals surface area contributed by atoms with Crippen molar-refractivity contribution in [1.29, 1.82) is 0 Å². The van der Waals surface area contributed by atoms with Crippen molar-refractivity contribution in [2.24, 2.45) is 23.7 Å². The molecule has 0 unspecified atom stereocenters. The molecule has 0 N–H and O–H groups in total. The summed E-state index contributed by atoms with van der Waals surface area (Å²) in [6, 6.07) is 29.9. The fraction of sp³-hybridized carbons (Fsp3) is 0.364. The molecule has 0 atom stereocenters. The van der Waals surface area contributed by atoms with Gasteiger partial charge in [-0.05, 0) is 138 Å². The summed E-state index contributed by atoms with van der Waals surface area (Å²) in [5, 5.41) is 0. The predicted molar refractivity (Wildman–Crippen MR) is 202 cm³/mol. The van der Waals surface area contributed by atoms with Crippen LogP contribution in [-0.2, 0) is 19.2 Å². The zero-order chi connectivity index (χ0) is 37.0. The SMILES string of the molecule is Cc1cccc(OC(=O)C2CCC(C(=O)Oc3cccc(C)c3)CC2)c1.Cc1ccccc1OC(=O)C1CCC(C(=O)Oc2ccccc2C)CC1.[HH].[HH]. The highest BCUT2D eigenvalue weighted by Gasteiger charge is 2.33. The van der Waals surface area contributed by atoms with Crippen LogP contribution in [0.5, 0.6) is 23.0 Å². The first-order chi connectivity index (χ1) is 25.0. The average molecular weight is 709 g/mol. The molecular formula is C44H52O8. The van der Waals surface area contributed by atoms with E-state index in [1.54, 1.807) is 24.3 Å². The van der Waals surface area contributed by atoms with Gasteiger partial charge in [0.1, 0.15) is 23.0 Å². The fourth-order valence-electron chi connectivity index (χ4n) is 6.61. The zero-order valence-corrected chi connectivity index (χ0v) is 30.5. The summed E-state index contributed by atoms with van der Waals surface area (Å²) in [6.45, 7) is 7.76. The Kier molecular flexibility index (Phi) is 13.4. The van der Waals surface area contributed by atoms with Crippen molar-refractivity contribution in [3.8, 4) is 23.0 Å². The van der Waals surface area contributed by atoms with E-state index in [9.17, 15) is 19.2 Å². The van der Waals surface area contributed by atoms with Gasteiger partial charge in [-0.1, -0.05) is 60.7 Å². The van der Waals surface area contributed by atoms with Crippen molar-refractivity contribution in [2.75, 3.05) is 0 Å². The first-order valence-electron chi connectivity index (χ1n) is 18.2. The molecule has 6 rings (SSSR count). The predicted octanol–water partition coefficient (Wildman–Crippen LogP) is 9.73. The van der Waals surface area contributed by atoms with Gasteiger partial charge in [-0.3, -0.25) is 19.2 Å². The second kappa shape index (κ2) is 18.3. The molecule has 2 saturated carbocycles. The third-order valence-corrected chi connectivity index (χ3v) is 9.81. The Labute approximate surface area is 309 Å². The quantitative estimate of drug-likeness (QED) is 0.132. The molecule has 2 fully saturated rings. The Bertz CT molecular complexity index is 1720. The van der Waals surface area contributed by atoms with Crippen LogP contribution in [0.4, 0.5) is 0 Å². The Hall–Kier alpha value is -5.24. The van der Waals surface area contributed by atoms with Crippen molar-refractivity contribution in [3.63, 3.8) is 0 Å². The minimum Gasteiger partial charge on any atom is -0.426 e. The second-order valence-corrected chi connectivity index (χ2v) is 13.9. The van der Waals surface area contributed by atoms with Crippen LogP contribution in [0.25, 0.3) is 0 Å². The third kappa shape index (κ3) is 10.9. The number of rotatable bonds is 8. The number of para-hydroxylation sites is 2. The average Bonchev–Trinajstić information content (AvgIpc) is 3.14. The Morgan fingerprint density at radius 3 is 1.04 bits per heavy atom. The third-order valence-electron chi connectivity index (χ3n) is 9.81. The Morgan fingerprint density at radius 1 is 0.423 bits per heavy atom. The molecule has 0 saturated heterocycles. The highest BCUT2D eigenvalue weighted by atomic mass is 16.5. The molecule has 0 bridgehead atoms. The number of ether oxygens (including phenoxy) is 4. The van der Waals surface area contributed by atoms with Crippen LogP contribution in [0.3, 0.4) is 0 Å². The standard InChI is InChI=1S/2C22H24O4.2H2/c1-15-5-3-7-19(13-15)25-21(23)17-9-11-18(12-10-17)22(24)26-20-8-4-6-16(2)14-20;1-15-7-3-5-9-19(15)25-21(23)17-11-13-18(14-12-17)22(24)26-20-10-6-4-8-16(20)2;;/h3-8,13-14,17-18H,9-12H2,1-2H3;3-10,17-18H,11-14H2,1-2H3;2*1H. The molecule has 52 heavy (non-hydrogen) atoms. The largest absolute Gasteiger partial charge is 0.426 e. The maximum Gasteiger partial charge on any atom is 0.314 e. The summed E-state index contributed by atoms with van der Waals surface area (Å²) in [5.41, 5.74) is 3.99. The molecule has 2 aliphatic rings. The number of carbonyl (C=O) groups excluding carboxylic acids is 4. The van der Waals surface area contributed by atoms with Gasteiger partial charge < -0.3 is 18.9 Å². The summed E-state index contributed by atoms with van der Waals surface area (Å²) in [5.74, 6) is 0.938. The van der Waals surface area contributed by atoms with Gasteiger partial charge in [0.25, 0.3) is 0 Å². The zero-order valence-electron chi connectivity index (χ0n) is 30.5. The molecule has 0 aliphatic heterocycles. The highest BCUT2D eigenvalue weighted by Crippen LogP contribution is 2.33. The number of aryl methyl sites for hydroxylation is 4. The number of hydrogen-bond donors (Lipinski definition) is 0. The Morgan fingerprint density at radius 2 is 0.731 bits per heavy atom. The molecule has 4 aromatic rings. The van der Waals surface area contributed by atoms with E-state index in [0.717, 1.165) is 22.3 Å². The van der Waals surface area contributed by atoms with E-state index in [2.05, 4.69) is 0 Å². The number of benzene rings is 4. The van der Waals surface area contributed by atoms with E-state index < -0.39 is 0 Å². The molecule has 4 aromatic carbocycles. The number of hydrogen-bond acceptors (Lipinski definition) is 8. The molecule has 276 valence electrons. The Balaban J connectivity index is 0.000000280.